The van der Waals surface area contributed by atoms with Crippen LogP contribution in [0.4, 0.5) is 5.69 Å². The van der Waals surface area contributed by atoms with Gasteiger partial charge in [-0.2, -0.15) is 0 Å². The number of rotatable bonds is 3. The average Bonchev–Trinajstić information content (AvgIpc) is 2.49. The smallest absolute Gasteiger partial charge is 0.150 e. The highest BCUT2D eigenvalue weighted by Gasteiger charge is 2.08. The number of pyridine rings is 1. The Labute approximate surface area is 123 Å². The monoisotopic (exact) mass is 280 g/mol. The predicted octanol–water partition coefficient (Wildman–Crippen LogP) is 3.93. The topological polar surface area (TPSA) is 57.4 Å². The lowest BCUT2D eigenvalue weighted by Crippen LogP contribution is -1.95. The highest BCUT2D eigenvalue weighted by Crippen LogP contribution is 2.34. The van der Waals surface area contributed by atoms with Crippen molar-refractivity contribution in [2.75, 3.05) is 12.8 Å². The van der Waals surface area contributed by atoms with Crippen LogP contribution in [-0.2, 0) is 0 Å². The first kappa shape index (κ1) is 13.2. The number of hydrogen-bond donors (Lipinski definition) is 1. The van der Waals surface area contributed by atoms with Gasteiger partial charge in [0.2, 0.25) is 0 Å². The molecule has 2 aromatic carbocycles. The van der Waals surface area contributed by atoms with E-state index in [9.17, 15) is 0 Å². The van der Waals surface area contributed by atoms with Crippen LogP contribution in [0.15, 0.2) is 48.5 Å². The van der Waals surface area contributed by atoms with E-state index >= 15 is 0 Å². The van der Waals surface area contributed by atoms with Gasteiger partial charge in [-0.3, -0.25) is 4.98 Å². The van der Waals surface area contributed by atoms with Crippen LogP contribution in [0.3, 0.4) is 0 Å². The van der Waals surface area contributed by atoms with E-state index < -0.39 is 0 Å². The second kappa shape index (κ2) is 5.32. The van der Waals surface area contributed by atoms with Gasteiger partial charge in [-0.05, 0) is 31.2 Å². The van der Waals surface area contributed by atoms with E-state index in [0.29, 0.717) is 17.2 Å². The molecule has 0 radical (unpaired) electrons. The Balaban J connectivity index is 2.05. The maximum atomic E-state index is 6.01. The normalized spacial score (nSPS) is 10.6. The van der Waals surface area contributed by atoms with Crippen LogP contribution < -0.4 is 15.2 Å². The minimum atomic E-state index is 0.535. The van der Waals surface area contributed by atoms with Gasteiger partial charge in [0.05, 0.1) is 18.3 Å². The second-order valence-electron chi connectivity index (χ2n) is 4.78. The number of methoxy groups -OCH3 is 1. The van der Waals surface area contributed by atoms with Gasteiger partial charge in [0.25, 0.3) is 0 Å². The summed E-state index contributed by atoms with van der Waals surface area (Å²) in [5.74, 6) is 2.05. The molecule has 0 aliphatic carbocycles. The molecule has 0 spiro atoms. The minimum absolute atomic E-state index is 0.535. The van der Waals surface area contributed by atoms with Crippen LogP contribution in [0.2, 0.25) is 0 Å². The molecule has 3 rings (SSSR count). The number of anilines is 1. The molecule has 0 saturated heterocycles. The van der Waals surface area contributed by atoms with E-state index in [1.165, 1.54) is 0 Å². The van der Waals surface area contributed by atoms with Crippen molar-refractivity contribution in [1.29, 1.82) is 0 Å². The summed E-state index contributed by atoms with van der Waals surface area (Å²) in [5, 5.41) is 0.957. The summed E-state index contributed by atoms with van der Waals surface area (Å²) < 4.78 is 11.1. The quantitative estimate of drug-likeness (QED) is 0.739. The Morgan fingerprint density at radius 2 is 1.81 bits per heavy atom. The fraction of sp³-hybridized carbons (Fsp3) is 0.118. The van der Waals surface area contributed by atoms with Gasteiger partial charge >= 0.3 is 0 Å². The summed E-state index contributed by atoms with van der Waals surface area (Å²) >= 11 is 0. The number of hydrogen-bond acceptors (Lipinski definition) is 4. The van der Waals surface area contributed by atoms with E-state index in [2.05, 4.69) is 4.98 Å². The molecule has 0 aliphatic heterocycles. The lowest BCUT2D eigenvalue weighted by molar-refractivity contribution is 0.413. The summed E-state index contributed by atoms with van der Waals surface area (Å²) in [6.45, 7) is 1.94. The van der Waals surface area contributed by atoms with Gasteiger partial charge in [0.15, 0.2) is 5.75 Å². The van der Waals surface area contributed by atoms with Crippen LogP contribution in [0.25, 0.3) is 10.9 Å². The van der Waals surface area contributed by atoms with Crippen molar-refractivity contribution in [2.45, 2.75) is 6.92 Å². The first-order valence-electron chi connectivity index (χ1n) is 6.65. The van der Waals surface area contributed by atoms with E-state index in [1.54, 1.807) is 19.2 Å². The molecule has 4 heteroatoms. The lowest BCUT2D eigenvalue weighted by Gasteiger charge is -2.12. The van der Waals surface area contributed by atoms with Gasteiger partial charge in [-0.15, -0.1) is 0 Å². The first-order chi connectivity index (χ1) is 10.2. The molecule has 1 heterocycles. The third-order valence-corrected chi connectivity index (χ3v) is 3.24. The number of aryl methyl sites for hydroxylation is 1. The Bertz CT molecular complexity index is 800. The molecule has 0 aliphatic rings. The second-order valence-corrected chi connectivity index (χ2v) is 4.78. The van der Waals surface area contributed by atoms with Crippen molar-refractivity contribution in [3.8, 4) is 17.2 Å². The number of para-hydroxylation sites is 1. The number of benzene rings is 2. The van der Waals surface area contributed by atoms with Crippen LogP contribution in [-0.4, -0.2) is 12.1 Å². The van der Waals surface area contributed by atoms with Crippen molar-refractivity contribution in [3.63, 3.8) is 0 Å². The van der Waals surface area contributed by atoms with Gasteiger partial charge in [-0.1, -0.05) is 12.1 Å². The van der Waals surface area contributed by atoms with E-state index in [-0.39, 0.29) is 0 Å². The molecule has 106 valence electrons. The highest BCUT2D eigenvalue weighted by molar-refractivity contribution is 5.85. The zero-order valence-corrected chi connectivity index (χ0v) is 12.0. The van der Waals surface area contributed by atoms with Crippen molar-refractivity contribution in [1.82, 2.24) is 4.98 Å². The molecule has 0 saturated carbocycles. The largest absolute Gasteiger partial charge is 0.497 e. The summed E-state index contributed by atoms with van der Waals surface area (Å²) in [7, 11) is 1.61. The van der Waals surface area contributed by atoms with Crippen molar-refractivity contribution in [3.05, 3.63) is 54.2 Å². The lowest BCUT2D eigenvalue weighted by atomic mass is 10.2. The van der Waals surface area contributed by atoms with E-state index in [1.807, 2.05) is 43.3 Å². The standard InChI is InChI=1S/C17H16N2O2/c1-11-9-17(13-5-3-4-6-15(13)19-11)21-16-8-7-12(20-2)10-14(16)18/h3-10H,18H2,1-2H3. The molecule has 21 heavy (non-hydrogen) atoms. The summed E-state index contributed by atoms with van der Waals surface area (Å²) in [5.41, 5.74) is 8.34. The fourth-order valence-electron chi connectivity index (χ4n) is 2.22. The predicted molar refractivity (Wildman–Crippen MR) is 84.0 cm³/mol. The molecule has 1 aromatic heterocycles. The van der Waals surface area contributed by atoms with Crippen molar-refractivity contribution in [2.24, 2.45) is 0 Å². The molecule has 0 atom stereocenters. The summed E-state index contributed by atoms with van der Waals surface area (Å²) in [6, 6.07) is 15.1. The van der Waals surface area contributed by atoms with E-state index in [4.69, 9.17) is 15.2 Å². The molecule has 0 amide bonds. The van der Waals surface area contributed by atoms with Crippen LogP contribution in [0, 0.1) is 6.92 Å². The highest BCUT2D eigenvalue weighted by atomic mass is 16.5. The van der Waals surface area contributed by atoms with Gasteiger partial charge < -0.3 is 15.2 Å². The van der Waals surface area contributed by atoms with Crippen molar-refractivity contribution >= 4 is 16.6 Å². The molecule has 2 N–H and O–H groups in total. The van der Waals surface area contributed by atoms with Gasteiger partial charge in [-0.25, -0.2) is 0 Å². The third-order valence-electron chi connectivity index (χ3n) is 3.24. The number of fused-ring (bicyclic) bond motifs is 1. The number of nitrogens with two attached hydrogens (primary N) is 1. The zero-order chi connectivity index (χ0) is 14.8. The Kier molecular flexibility index (Phi) is 3.36. The van der Waals surface area contributed by atoms with Gasteiger partial charge in [0.1, 0.15) is 11.5 Å². The number of nitrogen functional groups attached to an aromatic ring is 1. The first-order valence-corrected chi connectivity index (χ1v) is 6.65. The van der Waals surface area contributed by atoms with Crippen LogP contribution >= 0.6 is 0 Å². The molecule has 0 bridgehead atoms. The fourth-order valence-corrected chi connectivity index (χ4v) is 2.22. The number of nitrogens with zero attached hydrogens (tertiary/aromatic N) is 1. The molecule has 3 aromatic rings. The maximum Gasteiger partial charge on any atom is 0.150 e. The van der Waals surface area contributed by atoms with Crippen molar-refractivity contribution < 1.29 is 9.47 Å². The Morgan fingerprint density at radius 3 is 2.57 bits per heavy atom. The zero-order valence-electron chi connectivity index (χ0n) is 12.0. The molecule has 0 fully saturated rings. The minimum Gasteiger partial charge on any atom is -0.497 e. The Morgan fingerprint density at radius 1 is 1.00 bits per heavy atom. The molecule has 4 nitrogen and oxygen atoms in total. The SMILES string of the molecule is COc1ccc(Oc2cc(C)nc3ccccc23)c(N)c1. The number of ether oxygens (including phenoxy) is 2. The van der Waals surface area contributed by atoms with Crippen LogP contribution in [0.5, 0.6) is 17.2 Å². The van der Waals surface area contributed by atoms with Gasteiger partial charge in [0, 0.05) is 23.2 Å². The molecular formula is C17H16N2O2. The summed E-state index contributed by atoms with van der Waals surface area (Å²) in [4.78, 5) is 4.50. The molecule has 0 unspecified atom stereocenters. The van der Waals surface area contributed by atoms with Crippen LogP contribution in [0.1, 0.15) is 5.69 Å². The molecular weight excluding hydrogens is 264 g/mol. The van der Waals surface area contributed by atoms with E-state index in [0.717, 1.165) is 22.3 Å². The third kappa shape index (κ3) is 2.60. The number of aromatic nitrogens is 1. The Hall–Kier alpha value is -2.75. The summed E-state index contributed by atoms with van der Waals surface area (Å²) in [6.07, 6.45) is 0. The maximum absolute atomic E-state index is 6.01. The average molecular weight is 280 g/mol.